The van der Waals surface area contributed by atoms with E-state index in [-0.39, 0.29) is 12.5 Å². The summed E-state index contributed by atoms with van der Waals surface area (Å²) >= 11 is 0. The third kappa shape index (κ3) is 5.99. The Morgan fingerprint density at radius 2 is 2.00 bits per heavy atom. The molecule has 0 radical (unpaired) electrons. The Labute approximate surface area is 156 Å². The van der Waals surface area contributed by atoms with Gasteiger partial charge in [-0.25, -0.2) is 4.98 Å². The Kier molecular flexibility index (Phi) is 6.98. The number of hydrogen-bond donors (Lipinski definition) is 1. The second-order valence-corrected chi connectivity index (χ2v) is 7.62. The van der Waals surface area contributed by atoms with Gasteiger partial charge in [0.05, 0.1) is 24.7 Å². The molecule has 1 atom stereocenters. The lowest BCUT2D eigenvalue weighted by Gasteiger charge is -2.19. The highest BCUT2D eigenvalue weighted by molar-refractivity contribution is 5.70. The van der Waals surface area contributed by atoms with Crippen LogP contribution in [-0.4, -0.2) is 33.3 Å². The number of carbonyl (C=O) groups is 1. The van der Waals surface area contributed by atoms with E-state index in [9.17, 15) is 9.90 Å². The van der Waals surface area contributed by atoms with Crippen LogP contribution in [0, 0.1) is 5.92 Å². The first-order valence-electron chi connectivity index (χ1n) is 9.19. The molecule has 5 nitrogen and oxygen atoms in total. The van der Waals surface area contributed by atoms with Crippen LogP contribution in [0.5, 0.6) is 0 Å². The number of aliphatic hydroxyl groups is 1. The van der Waals surface area contributed by atoms with Crippen LogP contribution in [0.4, 0.5) is 0 Å². The van der Waals surface area contributed by atoms with Crippen molar-refractivity contribution in [2.75, 3.05) is 7.11 Å². The molecule has 0 bridgehead atoms. The van der Waals surface area contributed by atoms with E-state index in [1.165, 1.54) is 7.11 Å². The first-order valence-corrected chi connectivity index (χ1v) is 9.19. The van der Waals surface area contributed by atoms with Crippen LogP contribution in [0.1, 0.15) is 45.7 Å². The average Bonchev–Trinajstić information content (AvgIpc) is 2.96. The van der Waals surface area contributed by atoms with Gasteiger partial charge < -0.3 is 14.4 Å². The molecule has 0 saturated heterocycles. The maximum atomic E-state index is 11.7. The number of benzene rings is 1. The van der Waals surface area contributed by atoms with Gasteiger partial charge in [0.15, 0.2) is 0 Å². The monoisotopic (exact) mass is 358 g/mol. The normalized spacial score (nSPS) is 12.8. The SMILES string of the molecule is COC(=O)Cn1cnc(-c2ccccc2)c1C[C@H](C)CCCC(C)(C)O. The second-order valence-electron chi connectivity index (χ2n) is 7.62. The van der Waals surface area contributed by atoms with Crippen molar-refractivity contribution in [2.45, 2.75) is 58.6 Å². The molecule has 0 aliphatic rings. The summed E-state index contributed by atoms with van der Waals surface area (Å²) in [5.74, 6) is 0.144. The third-order valence-electron chi connectivity index (χ3n) is 4.55. The van der Waals surface area contributed by atoms with Crippen LogP contribution < -0.4 is 0 Å². The van der Waals surface area contributed by atoms with E-state index in [0.717, 1.165) is 42.6 Å². The summed E-state index contributed by atoms with van der Waals surface area (Å²) in [7, 11) is 1.40. The maximum absolute atomic E-state index is 11.7. The molecule has 0 spiro atoms. The van der Waals surface area contributed by atoms with Gasteiger partial charge >= 0.3 is 5.97 Å². The fraction of sp³-hybridized carbons (Fsp3) is 0.524. The Balaban J connectivity index is 2.17. The first kappa shape index (κ1) is 20.2. The summed E-state index contributed by atoms with van der Waals surface area (Å²) in [6, 6.07) is 10.0. The topological polar surface area (TPSA) is 64.4 Å². The molecule has 0 fully saturated rings. The van der Waals surface area contributed by atoms with E-state index in [4.69, 9.17) is 4.74 Å². The maximum Gasteiger partial charge on any atom is 0.325 e. The molecule has 26 heavy (non-hydrogen) atoms. The molecular formula is C21H30N2O3. The molecule has 0 unspecified atom stereocenters. The molecule has 5 heteroatoms. The Morgan fingerprint density at radius 1 is 1.31 bits per heavy atom. The number of imidazole rings is 1. The average molecular weight is 358 g/mol. The van der Waals surface area contributed by atoms with E-state index in [1.54, 1.807) is 6.33 Å². The number of carbonyl (C=O) groups excluding carboxylic acids is 1. The lowest BCUT2D eigenvalue weighted by atomic mass is 9.93. The summed E-state index contributed by atoms with van der Waals surface area (Å²) in [4.78, 5) is 16.3. The predicted molar refractivity (Wildman–Crippen MR) is 103 cm³/mol. The zero-order valence-corrected chi connectivity index (χ0v) is 16.2. The molecule has 0 amide bonds. The van der Waals surface area contributed by atoms with Crippen LogP contribution in [-0.2, 0) is 22.5 Å². The summed E-state index contributed by atoms with van der Waals surface area (Å²) in [6.07, 6.45) is 5.31. The van der Waals surface area contributed by atoms with E-state index in [1.807, 2.05) is 48.7 Å². The minimum absolute atomic E-state index is 0.169. The van der Waals surface area contributed by atoms with Gasteiger partial charge in [-0.05, 0) is 32.6 Å². The molecule has 1 aromatic heterocycles. The molecule has 142 valence electrons. The third-order valence-corrected chi connectivity index (χ3v) is 4.55. The van der Waals surface area contributed by atoms with E-state index >= 15 is 0 Å². The number of ether oxygens (including phenoxy) is 1. The van der Waals surface area contributed by atoms with Crippen molar-refractivity contribution < 1.29 is 14.6 Å². The molecule has 1 N–H and O–H groups in total. The molecule has 1 heterocycles. The fourth-order valence-corrected chi connectivity index (χ4v) is 3.11. The van der Waals surface area contributed by atoms with Crippen molar-refractivity contribution in [1.82, 2.24) is 9.55 Å². The summed E-state index contributed by atoms with van der Waals surface area (Å²) in [5.41, 5.74) is 2.40. The van der Waals surface area contributed by atoms with Gasteiger partial charge in [-0.3, -0.25) is 4.79 Å². The minimum atomic E-state index is -0.623. The van der Waals surface area contributed by atoms with Crippen LogP contribution >= 0.6 is 0 Å². The van der Waals surface area contributed by atoms with Crippen LogP contribution in [0.15, 0.2) is 36.7 Å². The molecule has 1 aromatic carbocycles. The number of esters is 1. The largest absolute Gasteiger partial charge is 0.468 e. The molecular weight excluding hydrogens is 328 g/mol. The van der Waals surface area contributed by atoms with Crippen LogP contribution in [0.3, 0.4) is 0 Å². The van der Waals surface area contributed by atoms with Crippen molar-refractivity contribution in [2.24, 2.45) is 5.92 Å². The molecule has 0 aliphatic carbocycles. The van der Waals surface area contributed by atoms with Gasteiger partial charge in [-0.2, -0.15) is 0 Å². The Morgan fingerprint density at radius 3 is 2.62 bits per heavy atom. The highest BCUT2D eigenvalue weighted by Gasteiger charge is 2.18. The van der Waals surface area contributed by atoms with Gasteiger partial charge in [0.1, 0.15) is 6.54 Å². The van der Waals surface area contributed by atoms with Crippen molar-refractivity contribution >= 4 is 5.97 Å². The highest BCUT2D eigenvalue weighted by Crippen LogP contribution is 2.26. The number of hydrogen-bond acceptors (Lipinski definition) is 4. The summed E-state index contributed by atoms with van der Waals surface area (Å²) in [6.45, 7) is 6.06. The lowest BCUT2D eigenvalue weighted by Crippen LogP contribution is -2.19. The Hall–Kier alpha value is -2.14. The van der Waals surface area contributed by atoms with Gasteiger partial charge in [0.25, 0.3) is 0 Å². The summed E-state index contributed by atoms with van der Waals surface area (Å²) < 4.78 is 6.71. The zero-order chi connectivity index (χ0) is 19.2. The van der Waals surface area contributed by atoms with Gasteiger partial charge in [0.2, 0.25) is 0 Å². The first-order chi connectivity index (χ1) is 12.3. The van der Waals surface area contributed by atoms with Gasteiger partial charge in [-0.15, -0.1) is 0 Å². The van der Waals surface area contributed by atoms with E-state index < -0.39 is 5.60 Å². The van der Waals surface area contributed by atoms with E-state index in [0.29, 0.717) is 5.92 Å². The zero-order valence-electron chi connectivity index (χ0n) is 16.2. The van der Waals surface area contributed by atoms with Gasteiger partial charge in [-0.1, -0.05) is 50.1 Å². The van der Waals surface area contributed by atoms with Crippen LogP contribution in [0.2, 0.25) is 0 Å². The molecule has 2 rings (SSSR count). The fourth-order valence-electron chi connectivity index (χ4n) is 3.11. The number of nitrogens with zero attached hydrogens (tertiary/aromatic N) is 2. The minimum Gasteiger partial charge on any atom is -0.468 e. The van der Waals surface area contributed by atoms with Crippen LogP contribution in [0.25, 0.3) is 11.3 Å². The smallest absolute Gasteiger partial charge is 0.325 e. The van der Waals surface area contributed by atoms with E-state index in [2.05, 4.69) is 11.9 Å². The number of aromatic nitrogens is 2. The molecule has 0 aliphatic heterocycles. The number of rotatable bonds is 9. The molecule has 2 aromatic rings. The summed E-state index contributed by atoms with van der Waals surface area (Å²) in [5, 5.41) is 9.88. The van der Waals surface area contributed by atoms with Crippen molar-refractivity contribution in [3.05, 3.63) is 42.4 Å². The van der Waals surface area contributed by atoms with Crippen molar-refractivity contribution in [3.63, 3.8) is 0 Å². The highest BCUT2D eigenvalue weighted by atomic mass is 16.5. The Bertz CT molecular complexity index is 702. The van der Waals surface area contributed by atoms with Crippen molar-refractivity contribution in [3.8, 4) is 11.3 Å². The standard InChI is InChI=1S/C21H30N2O3/c1-16(9-8-12-21(2,3)25)13-18-20(17-10-6-5-7-11-17)22-15-23(18)14-19(24)26-4/h5-7,10-11,15-16,25H,8-9,12-14H2,1-4H3/t16-/m1/s1. The van der Waals surface area contributed by atoms with Crippen molar-refractivity contribution in [1.29, 1.82) is 0 Å². The molecule has 0 saturated carbocycles. The quantitative estimate of drug-likeness (QED) is 0.692. The second kappa shape index (κ2) is 8.99. The lowest BCUT2D eigenvalue weighted by molar-refractivity contribution is -0.141. The van der Waals surface area contributed by atoms with Gasteiger partial charge in [0, 0.05) is 11.3 Å². The predicted octanol–water partition coefficient (Wildman–Crippen LogP) is 3.84. The number of methoxy groups -OCH3 is 1.